The molecule has 1 N–H and O–H groups in total. The lowest BCUT2D eigenvalue weighted by atomic mass is 10.0. The first-order valence-corrected chi connectivity index (χ1v) is 8.23. The molecule has 6 heteroatoms. The summed E-state index contributed by atoms with van der Waals surface area (Å²) in [6.07, 6.45) is 0. The minimum absolute atomic E-state index is 0.233. The average Bonchev–Trinajstić information content (AvgIpc) is 2.88. The molecule has 2 aromatic carbocycles. The maximum absolute atomic E-state index is 11.2. The maximum Gasteiger partial charge on any atom is 0.347 e. The lowest BCUT2D eigenvalue weighted by Gasteiger charge is -2.04. The SMILES string of the molecule is Cc1nc(-c2cc(C#N)c3cc(I)ccc3c2)sc1C(=O)O. The fourth-order valence-electron chi connectivity index (χ4n) is 2.26. The number of fused-ring (bicyclic) bond motifs is 1. The van der Waals surface area contributed by atoms with Crippen molar-refractivity contribution in [1.29, 1.82) is 5.26 Å². The molecule has 0 aliphatic carbocycles. The zero-order valence-electron chi connectivity index (χ0n) is 11.4. The Hall–Kier alpha value is -1.98. The van der Waals surface area contributed by atoms with Gasteiger partial charge in [0, 0.05) is 14.5 Å². The van der Waals surface area contributed by atoms with E-state index in [9.17, 15) is 10.1 Å². The average molecular weight is 420 g/mol. The fraction of sp³-hybridized carbons (Fsp3) is 0.0625. The Morgan fingerprint density at radius 3 is 2.77 bits per heavy atom. The van der Waals surface area contributed by atoms with E-state index in [4.69, 9.17) is 5.11 Å². The molecule has 0 saturated heterocycles. The largest absolute Gasteiger partial charge is 0.477 e. The molecule has 0 amide bonds. The molecule has 0 aliphatic rings. The van der Waals surface area contributed by atoms with E-state index in [0.29, 0.717) is 16.3 Å². The molecule has 0 unspecified atom stereocenters. The van der Waals surface area contributed by atoms with Gasteiger partial charge in [0.1, 0.15) is 9.88 Å². The van der Waals surface area contributed by atoms with Crippen LogP contribution in [0.5, 0.6) is 0 Å². The molecule has 22 heavy (non-hydrogen) atoms. The van der Waals surface area contributed by atoms with Gasteiger partial charge in [-0.3, -0.25) is 0 Å². The first-order valence-electron chi connectivity index (χ1n) is 6.34. The van der Waals surface area contributed by atoms with E-state index in [2.05, 4.69) is 33.6 Å². The van der Waals surface area contributed by atoms with Crippen molar-refractivity contribution in [2.45, 2.75) is 6.92 Å². The van der Waals surface area contributed by atoms with Crippen LogP contribution in [0, 0.1) is 21.8 Å². The van der Waals surface area contributed by atoms with Gasteiger partial charge in [-0.1, -0.05) is 6.07 Å². The number of rotatable bonds is 2. The summed E-state index contributed by atoms with van der Waals surface area (Å²) < 4.78 is 1.06. The lowest BCUT2D eigenvalue weighted by Crippen LogP contribution is -1.94. The molecule has 1 heterocycles. The molecule has 0 aliphatic heterocycles. The van der Waals surface area contributed by atoms with Crippen molar-refractivity contribution in [2.75, 3.05) is 0 Å². The van der Waals surface area contributed by atoms with Gasteiger partial charge in [-0.05, 0) is 59.2 Å². The summed E-state index contributed by atoms with van der Waals surface area (Å²) in [6.45, 7) is 1.68. The predicted molar refractivity (Wildman–Crippen MR) is 94.2 cm³/mol. The van der Waals surface area contributed by atoms with Gasteiger partial charge in [0.25, 0.3) is 0 Å². The number of carboxylic acids is 1. The Kier molecular flexibility index (Phi) is 3.85. The number of carbonyl (C=O) groups is 1. The predicted octanol–water partition coefficient (Wildman–Crippen LogP) is 4.45. The summed E-state index contributed by atoms with van der Waals surface area (Å²) >= 11 is 3.34. The molecule has 108 valence electrons. The number of thiazole rings is 1. The second-order valence-corrected chi connectivity index (χ2v) is 6.98. The number of halogens is 1. The standard InChI is InChI=1S/C16H9IN2O2S/c1-8-14(16(20)21)22-15(19-8)10-4-9-2-3-12(17)6-13(9)11(5-10)7-18/h2-6H,1H3,(H,20,21). The van der Waals surface area contributed by atoms with Gasteiger partial charge < -0.3 is 5.11 Å². The first-order chi connectivity index (χ1) is 10.5. The van der Waals surface area contributed by atoms with Crippen LogP contribution in [0.15, 0.2) is 30.3 Å². The molecule has 0 saturated carbocycles. The first kappa shape index (κ1) is 14.9. The van der Waals surface area contributed by atoms with E-state index >= 15 is 0 Å². The minimum Gasteiger partial charge on any atom is -0.477 e. The van der Waals surface area contributed by atoms with Gasteiger partial charge in [-0.2, -0.15) is 5.26 Å². The number of benzene rings is 2. The quantitative estimate of drug-likeness (QED) is 0.622. The number of aryl methyl sites for hydroxylation is 1. The van der Waals surface area contributed by atoms with E-state index in [1.54, 1.807) is 13.0 Å². The van der Waals surface area contributed by atoms with E-state index < -0.39 is 5.97 Å². The highest BCUT2D eigenvalue weighted by Gasteiger charge is 2.16. The van der Waals surface area contributed by atoms with E-state index in [1.165, 1.54) is 0 Å². The Morgan fingerprint density at radius 1 is 1.36 bits per heavy atom. The number of hydrogen-bond acceptors (Lipinski definition) is 4. The monoisotopic (exact) mass is 420 g/mol. The van der Waals surface area contributed by atoms with E-state index in [-0.39, 0.29) is 4.88 Å². The Bertz CT molecular complexity index is 957. The van der Waals surface area contributed by atoms with Crippen LogP contribution in [0.4, 0.5) is 0 Å². The summed E-state index contributed by atoms with van der Waals surface area (Å²) in [5.74, 6) is -0.975. The van der Waals surface area contributed by atoms with Crippen LogP contribution in [-0.2, 0) is 0 Å². The molecule has 4 nitrogen and oxygen atoms in total. The van der Waals surface area contributed by atoms with Crippen LogP contribution in [0.2, 0.25) is 0 Å². The van der Waals surface area contributed by atoms with Crippen molar-refractivity contribution in [2.24, 2.45) is 0 Å². The molecule has 0 spiro atoms. The Balaban J connectivity index is 2.24. The van der Waals surface area contributed by atoms with Crippen LogP contribution < -0.4 is 0 Å². The van der Waals surface area contributed by atoms with Gasteiger partial charge in [0.15, 0.2) is 0 Å². The molecular weight excluding hydrogens is 411 g/mol. The van der Waals surface area contributed by atoms with Crippen LogP contribution in [0.1, 0.15) is 20.9 Å². The van der Waals surface area contributed by atoms with Crippen LogP contribution >= 0.6 is 33.9 Å². The number of nitrogens with zero attached hydrogens (tertiary/aromatic N) is 2. The molecule has 0 radical (unpaired) electrons. The number of aromatic nitrogens is 1. The lowest BCUT2D eigenvalue weighted by molar-refractivity contribution is 0.0701. The third-order valence-electron chi connectivity index (χ3n) is 3.27. The third kappa shape index (κ3) is 2.58. The molecule has 3 aromatic rings. The van der Waals surface area contributed by atoms with Crippen molar-refractivity contribution in [1.82, 2.24) is 4.98 Å². The zero-order chi connectivity index (χ0) is 15.9. The van der Waals surface area contributed by atoms with Crippen LogP contribution in [-0.4, -0.2) is 16.1 Å². The highest BCUT2D eigenvalue weighted by molar-refractivity contribution is 14.1. The fourth-order valence-corrected chi connectivity index (χ4v) is 3.65. The molecule has 0 fully saturated rings. The summed E-state index contributed by atoms with van der Waals surface area (Å²) in [7, 11) is 0. The third-order valence-corrected chi connectivity index (χ3v) is 5.14. The van der Waals surface area contributed by atoms with Crippen LogP contribution in [0.25, 0.3) is 21.3 Å². The highest BCUT2D eigenvalue weighted by Crippen LogP contribution is 2.32. The Labute approximate surface area is 144 Å². The van der Waals surface area contributed by atoms with Gasteiger partial charge >= 0.3 is 5.97 Å². The van der Waals surface area contributed by atoms with Crippen molar-refractivity contribution >= 4 is 50.7 Å². The highest BCUT2D eigenvalue weighted by atomic mass is 127. The molecule has 0 atom stereocenters. The van der Waals surface area contributed by atoms with Gasteiger partial charge in [0.2, 0.25) is 0 Å². The van der Waals surface area contributed by atoms with Crippen molar-refractivity contribution in [3.63, 3.8) is 0 Å². The second kappa shape index (κ2) is 5.66. The Morgan fingerprint density at radius 2 is 2.14 bits per heavy atom. The molecule has 1 aromatic heterocycles. The summed E-state index contributed by atoms with van der Waals surface area (Å²) in [6, 6.07) is 11.8. The summed E-state index contributed by atoms with van der Waals surface area (Å²) in [5, 5.41) is 21.0. The number of carboxylic acid groups (broad SMARTS) is 1. The van der Waals surface area contributed by atoms with Crippen LogP contribution in [0.3, 0.4) is 0 Å². The van der Waals surface area contributed by atoms with Gasteiger partial charge in [-0.15, -0.1) is 11.3 Å². The summed E-state index contributed by atoms with van der Waals surface area (Å²) in [5.41, 5.74) is 1.83. The van der Waals surface area contributed by atoms with Crippen molar-refractivity contribution in [3.05, 3.63) is 50.0 Å². The van der Waals surface area contributed by atoms with Crippen molar-refractivity contribution in [3.8, 4) is 16.6 Å². The number of aromatic carboxylic acids is 1. The normalized spacial score (nSPS) is 10.6. The zero-order valence-corrected chi connectivity index (χ0v) is 14.4. The van der Waals surface area contributed by atoms with Crippen molar-refractivity contribution < 1.29 is 9.90 Å². The number of hydrogen-bond donors (Lipinski definition) is 1. The minimum atomic E-state index is -0.975. The smallest absolute Gasteiger partial charge is 0.347 e. The summed E-state index contributed by atoms with van der Waals surface area (Å²) in [4.78, 5) is 15.7. The van der Waals surface area contributed by atoms with E-state index in [1.807, 2.05) is 24.3 Å². The number of nitriles is 1. The van der Waals surface area contributed by atoms with E-state index in [0.717, 1.165) is 31.2 Å². The van der Waals surface area contributed by atoms with Gasteiger partial charge in [0.05, 0.1) is 17.3 Å². The maximum atomic E-state index is 11.2. The molecule has 3 rings (SSSR count). The second-order valence-electron chi connectivity index (χ2n) is 4.74. The van der Waals surface area contributed by atoms with Gasteiger partial charge in [-0.25, -0.2) is 9.78 Å². The molecule has 0 bridgehead atoms. The molecular formula is C16H9IN2O2S. The topological polar surface area (TPSA) is 74.0 Å².